The zero-order valence-electron chi connectivity index (χ0n) is 14.2. The summed E-state index contributed by atoms with van der Waals surface area (Å²) in [6.07, 6.45) is 2.15. The average Bonchev–Trinajstić information content (AvgIpc) is 2.87. The van der Waals surface area contributed by atoms with Crippen molar-refractivity contribution in [1.29, 1.82) is 0 Å². The molecule has 6 nitrogen and oxygen atoms in total. The maximum absolute atomic E-state index is 12.4. The Balaban J connectivity index is 2.03. The summed E-state index contributed by atoms with van der Waals surface area (Å²) in [6.45, 7) is 3.47. The summed E-state index contributed by atoms with van der Waals surface area (Å²) in [5.74, 6) is 2.01. The van der Waals surface area contributed by atoms with Gasteiger partial charge in [-0.25, -0.2) is 0 Å². The van der Waals surface area contributed by atoms with Crippen molar-refractivity contribution in [3.8, 4) is 17.2 Å². The summed E-state index contributed by atoms with van der Waals surface area (Å²) >= 11 is 0. The molecule has 0 saturated carbocycles. The summed E-state index contributed by atoms with van der Waals surface area (Å²) in [6, 6.07) is 3.80. The number of aryl methyl sites for hydroxylation is 1. The highest BCUT2D eigenvalue weighted by atomic mass is 16.5. The van der Waals surface area contributed by atoms with Crippen molar-refractivity contribution in [3.63, 3.8) is 0 Å². The van der Waals surface area contributed by atoms with Gasteiger partial charge >= 0.3 is 0 Å². The van der Waals surface area contributed by atoms with Crippen LogP contribution in [-0.2, 0) is 11.2 Å². The van der Waals surface area contributed by atoms with Crippen LogP contribution >= 0.6 is 0 Å². The Hall–Kier alpha value is -1.95. The second-order valence-electron chi connectivity index (χ2n) is 5.52. The van der Waals surface area contributed by atoms with Gasteiger partial charge in [0.25, 0.3) is 0 Å². The van der Waals surface area contributed by atoms with Crippen LogP contribution in [0.1, 0.15) is 18.4 Å². The predicted octanol–water partition coefficient (Wildman–Crippen LogP) is 1.47. The molecule has 0 bridgehead atoms. The molecule has 1 aromatic rings. The number of ether oxygens (including phenoxy) is 3. The van der Waals surface area contributed by atoms with E-state index in [2.05, 4.69) is 5.32 Å². The van der Waals surface area contributed by atoms with Gasteiger partial charge in [-0.15, -0.1) is 0 Å². The van der Waals surface area contributed by atoms with Gasteiger partial charge in [0.15, 0.2) is 11.5 Å². The standard InChI is InChI=1S/C17H26N2O4/c1-21-14-11-13(12-15(22-2)17(14)23-3)5-6-16(20)19-9-4-7-18-8-10-19/h11-12,18H,4-10H2,1-3H3. The highest BCUT2D eigenvalue weighted by molar-refractivity contribution is 5.76. The Labute approximate surface area is 137 Å². The van der Waals surface area contributed by atoms with Gasteiger partial charge in [0.05, 0.1) is 21.3 Å². The third-order valence-electron chi connectivity index (χ3n) is 4.04. The molecule has 0 radical (unpaired) electrons. The van der Waals surface area contributed by atoms with Crippen molar-refractivity contribution < 1.29 is 19.0 Å². The monoisotopic (exact) mass is 322 g/mol. The lowest BCUT2D eigenvalue weighted by Crippen LogP contribution is -2.34. The molecule has 23 heavy (non-hydrogen) atoms. The third-order valence-corrected chi connectivity index (χ3v) is 4.04. The molecule has 128 valence electrons. The van der Waals surface area contributed by atoms with Crippen molar-refractivity contribution in [2.24, 2.45) is 0 Å². The van der Waals surface area contributed by atoms with Gasteiger partial charge in [-0.2, -0.15) is 0 Å². The van der Waals surface area contributed by atoms with Crippen molar-refractivity contribution in [1.82, 2.24) is 10.2 Å². The number of hydrogen-bond donors (Lipinski definition) is 1. The van der Waals surface area contributed by atoms with E-state index in [4.69, 9.17) is 14.2 Å². The smallest absolute Gasteiger partial charge is 0.222 e. The van der Waals surface area contributed by atoms with E-state index in [1.54, 1.807) is 21.3 Å². The van der Waals surface area contributed by atoms with Crippen LogP contribution in [0, 0.1) is 0 Å². The highest BCUT2D eigenvalue weighted by Gasteiger charge is 2.17. The second-order valence-corrected chi connectivity index (χ2v) is 5.52. The molecule has 1 amide bonds. The van der Waals surface area contributed by atoms with Crippen LogP contribution in [0.3, 0.4) is 0 Å². The first-order chi connectivity index (χ1) is 11.2. The molecule has 1 aliphatic rings. The molecule has 1 aliphatic heterocycles. The normalized spacial score (nSPS) is 15.0. The summed E-state index contributed by atoms with van der Waals surface area (Å²) in [5, 5.41) is 3.31. The van der Waals surface area contributed by atoms with E-state index in [0.717, 1.165) is 38.2 Å². The maximum Gasteiger partial charge on any atom is 0.222 e. The number of carbonyl (C=O) groups excluding carboxylic acids is 1. The first-order valence-corrected chi connectivity index (χ1v) is 7.97. The quantitative estimate of drug-likeness (QED) is 0.859. The minimum atomic E-state index is 0.197. The minimum Gasteiger partial charge on any atom is -0.493 e. The van der Waals surface area contributed by atoms with Crippen LogP contribution in [-0.4, -0.2) is 58.3 Å². The predicted molar refractivity (Wildman–Crippen MR) is 88.5 cm³/mol. The number of rotatable bonds is 6. The SMILES string of the molecule is COc1cc(CCC(=O)N2CCCNCC2)cc(OC)c1OC. The van der Waals surface area contributed by atoms with Crippen molar-refractivity contribution >= 4 is 5.91 Å². The highest BCUT2D eigenvalue weighted by Crippen LogP contribution is 2.38. The summed E-state index contributed by atoms with van der Waals surface area (Å²) in [7, 11) is 4.77. The van der Waals surface area contributed by atoms with E-state index < -0.39 is 0 Å². The van der Waals surface area contributed by atoms with Crippen LogP contribution in [0.5, 0.6) is 17.2 Å². The van der Waals surface area contributed by atoms with Crippen LogP contribution in [0.2, 0.25) is 0 Å². The second kappa shape index (κ2) is 8.62. The Bertz CT molecular complexity index is 500. The third kappa shape index (κ3) is 4.51. The molecule has 1 fully saturated rings. The lowest BCUT2D eigenvalue weighted by atomic mass is 10.1. The van der Waals surface area contributed by atoms with Gasteiger partial charge in [-0.05, 0) is 37.1 Å². The molecule has 1 aromatic carbocycles. The molecule has 0 aliphatic carbocycles. The Kier molecular flexibility index (Phi) is 6.52. The van der Waals surface area contributed by atoms with Crippen LogP contribution in [0.15, 0.2) is 12.1 Å². The number of hydrogen-bond acceptors (Lipinski definition) is 5. The van der Waals surface area contributed by atoms with Gasteiger partial charge < -0.3 is 24.4 Å². The number of nitrogens with one attached hydrogen (secondary N) is 1. The fourth-order valence-electron chi connectivity index (χ4n) is 2.78. The molecule has 1 saturated heterocycles. The van der Waals surface area contributed by atoms with Gasteiger partial charge in [0, 0.05) is 26.1 Å². The molecule has 2 rings (SSSR count). The Morgan fingerprint density at radius 3 is 2.39 bits per heavy atom. The van der Waals surface area contributed by atoms with Crippen molar-refractivity contribution in [2.75, 3.05) is 47.5 Å². The van der Waals surface area contributed by atoms with E-state index in [1.165, 1.54) is 0 Å². The first kappa shape index (κ1) is 17.4. The minimum absolute atomic E-state index is 0.197. The van der Waals surface area contributed by atoms with E-state index in [-0.39, 0.29) is 5.91 Å². The van der Waals surface area contributed by atoms with E-state index in [0.29, 0.717) is 30.1 Å². The largest absolute Gasteiger partial charge is 0.493 e. The number of amides is 1. The maximum atomic E-state index is 12.4. The van der Waals surface area contributed by atoms with E-state index in [1.807, 2.05) is 17.0 Å². The van der Waals surface area contributed by atoms with E-state index >= 15 is 0 Å². The molecule has 0 spiro atoms. The molecular weight excluding hydrogens is 296 g/mol. The van der Waals surface area contributed by atoms with Gasteiger partial charge in [0.1, 0.15) is 0 Å². The van der Waals surface area contributed by atoms with Crippen molar-refractivity contribution in [2.45, 2.75) is 19.3 Å². The zero-order chi connectivity index (χ0) is 16.7. The molecule has 0 unspecified atom stereocenters. The fourth-order valence-corrected chi connectivity index (χ4v) is 2.78. The lowest BCUT2D eigenvalue weighted by Gasteiger charge is -2.20. The fraction of sp³-hybridized carbons (Fsp3) is 0.588. The van der Waals surface area contributed by atoms with Crippen LogP contribution < -0.4 is 19.5 Å². The number of methoxy groups -OCH3 is 3. The Morgan fingerprint density at radius 2 is 1.78 bits per heavy atom. The average molecular weight is 322 g/mol. The van der Waals surface area contributed by atoms with Gasteiger partial charge in [-0.3, -0.25) is 4.79 Å². The molecule has 1 heterocycles. The van der Waals surface area contributed by atoms with Gasteiger partial charge in [-0.1, -0.05) is 0 Å². The summed E-state index contributed by atoms with van der Waals surface area (Å²) in [4.78, 5) is 14.3. The van der Waals surface area contributed by atoms with Crippen LogP contribution in [0.4, 0.5) is 0 Å². The number of carbonyl (C=O) groups is 1. The summed E-state index contributed by atoms with van der Waals surface area (Å²) in [5.41, 5.74) is 1.00. The lowest BCUT2D eigenvalue weighted by molar-refractivity contribution is -0.130. The molecular formula is C17H26N2O4. The summed E-state index contributed by atoms with van der Waals surface area (Å²) < 4.78 is 16.0. The number of benzene rings is 1. The zero-order valence-corrected chi connectivity index (χ0v) is 14.2. The van der Waals surface area contributed by atoms with E-state index in [9.17, 15) is 4.79 Å². The molecule has 1 N–H and O–H groups in total. The molecule has 0 aromatic heterocycles. The van der Waals surface area contributed by atoms with Crippen molar-refractivity contribution in [3.05, 3.63) is 17.7 Å². The molecule has 0 atom stereocenters. The first-order valence-electron chi connectivity index (χ1n) is 7.97. The number of nitrogens with zero attached hydrogens (tertiary/aromatic N) is 1. The molecule has 6 heteroatoms. The van der Waals surface area contributed by atoms with Crippen LogP contribution in [0.25, 0.3) is 0 Å². The van der Waals surface area contributed by atoms with Gasteiger partial charge in [0.2, 0.25) is 11.7 Å². The topological polar surface area (TPSA) is 60.0 Å². The Morgan fingerprint density at radius 1 is 1.09 bits per heavy atom.